The van der Waals surface area contributed by atoms with Crippen molar-refractivity contribution < 1.29 is 31.2 Å². The van der Waals surface area contributed by atoms with E-state index in [-0.39, 0.29) is 0 Å². The van der Waals surface area contributed by atoms with Gasteiger partial charge in [0.05, 0.1) is 16.2 Å². The molecule has 0 aliphatic heterocycles. The van der Waals surface area contributed by atoms with Gasteiger partial charge in [0.1, 0.15) is 5.56 Å². The number of halogens is 6. The van der Waals surface area contributed by atoms with Gasteiger partial charge in [-0.2, -0.15) is 32.2 Å². The highest BCUT2D eigenvalue weighted by Gasteiger charge is 2.41. The van der Waals surface area contributed by atoms with Crippen LogP contribution >= 0.6 is 0 Å². The first-order valence-electron chi connectivity index (χ1n) is 5.90. The molecule has 2 rings (SSSR count). The van der Waals surface area contributed by atoms with E-state index in [4.69, 9.17) is 5.84 Å². The van der Waals surface area contributed by atoms with Gasteiger partial charge in [-0.05, 0) is 12.1 Å². The summed E-state index contributed by atoms with van der Waals surface area (Å²) in [6.45, 7) is 0. The van der Waals surface area contributed by atoms with Gasteiger partial charge in [0.25, 0.3) is 0 Å². The molecule has 121 valence electrons. The standard InChI is InChI=1S/C13H7F6N3O/c14-12(15,16)8-4-2-1-3-7(8)10-5-9(13(17,18)19)11(6-21-10)22(20)23/h1-5H,(H2,20,23)/q+1. The third kappa shape index (κ3) is 3.41. The minimum Gasteiger partial charge on any atom is -0.239 e. The van der Waals surface area contributed by atoms with Gasteiger partial charge < -0.3 is 0 Å². The fourth-order valence-electron chi connectivity index (χ4n) is 1.89. The lowest BCUT2D eigenvalue weighted by molar-refractivity contribution is -0.477. The molecule has 10 heteroatoms. The van der Waals surface area contributed by atoms with Crippen LogP contribution in [0.5, 0.6) is 0 Å². The van der Waals surface area contributed by atoms with Crippen LogP contribution in [-0.2, 0) is 12.4 Å². The monoisotopic (exact) mass is 335 g/mol. The Kier molecular flexibility index (Phi) is 4.01. The summed E-state index contributed by atoms with van der Waals surface area (Å²) in [6, 6.07) is 4.32. The quantitative estimate of drug-likeness (QED) is 0.392. The van der Waals surface area contributed by atoms with Crippen LogP contribution in [0.4, 0.5) is 32.0 Å². The Balaban J connectivity index is 2.70. The lowest BCUT2D eigenvalue weighted by Gasteiger charge is -2.13. The number of nitroso groups, excluding NO2 is 1. The Morgan fingerprint density at radius 2 is 1.57 bits per heavy atom. The van der Waals surface area contributed by atoms with Gasteiger partial charge in [0.15, 0.2) is 11.1 Å². The van der Waals surface area contributed by atoms with Crippen molar-refractivity contribution in [2.24, 2.45) is 5.84 Å². The predicted octanol–water partition coefficient (Wildman–Crippen LogP) is 3.87. The first-order valence-corrected chi connectivity index (χ1v) is 5.90. The predicted molar refractivity (Wildman–Crippen MR) is 66.0 cm³/mol. The number of hydrogen-bond acceptors (Lipinski definition) is 2. The molecule has 2 N–H and O–H groups in total. The zero-order valence-corrected chi connectivity index (χ0v) is 11.0. The molecule has 23 heavy (non-hydrogen) atoms. The van der Waals surface area contributed by atoms with Gasteiger partial charge in [-0.1, -0.05) is 18.2 Å². The second kappa shape index (κ2) is 5.52. The van der Waals surface area contributed by atoms with Crippen LogP contribution < -0.4 is 5.84 Å². The van der Waals surface area contributed by atoms with Crippen LogP contribution in [0.15, 0.2) is 30.3 Å². The summed E-state index contributed by atoms with van der Waals surface area (Å²) in [5, 5.41) is 0. The smallest absolute Gasteiger partial charge is 0.239 e. The number of hydrogen-bond donors (Lipinski definition) is 1. The maximum absolute atomic E-state index is 12.9. The maximum atomic E-state index is 12.9. The zero-order chi connectivity index (χ0) is 17.4. The number of nitrogens with zero attached hydrogens (tertiary/aromatic N) is 2. The number of rotatable bonds is 2. The summed E-state index contributed by atoms with van der Waals surface area (Å²) in [5.41, 5.74) is -5.00. The van der Waals surface area contributed by atoms with E-state index in [1.54, 1.807) is 6.20 Å². The normalized spacial score (nSPS) is 12.3. The van der Waals surface area contributed by atoms with Crippen molar-refractivity contribution in [1.29, 1.82) is 0 Å². The second-order valence-corrected chi connectivity index (χ2v) is 4.38. The van der Waals surface area contributed by atoms with Crippen LogP contribution in [0.2, 0.25) is 0 Å². The Hall–Kier alpha value is -2.65. The van der Waals surface area contributed by atoms with Crippen molar-refractivity contribution in [2.75, 3.05) is 0 Å². The van der Waals surface area contributed by atoms with Crippen LogP contribution in [0.25, 0.3) is 11.3 Å². The van der Waals surface area contributed by atoms with Crippen molar-refractivity contribution in [3.8, 4) is 11.3 Å². The molecule has 0 spiro atoms. The largest absolute Gasteiger partial charge is 0.423 e. The summed E-state index contributed by atoms with van der Waals surface area (Å²) in [7, 11) is 0. The highest BCUT2D eigenvalue weighted by atomic mass is 19.4. The summed E-state index contributed by atoms with van der Waals surface area (Å²) in [4.78, 5) is 13.7. The van der Waals surface area contributed by atoms with Crippen molar-refractivity contribution in [3.05, 3.63) is 52.6 Å². The molecule has 2 aromatic rings. The topological polar surface area (TPSA) is 59.0 Å². The number of nitrogens with two attached hydrogens (primary N) is 1. The molecule has 4 nitrogen and oxygen atoms in total. The molecule has 1 radical (unpaired) electrons. The first-order chi connectivity index (χ1) is 10.5. The molecule has 0 fully saturated rings. The van der Waals surface area contributed by atoms with E-state index < -0.39 is 45.3 Å². The molecular formula is C13H7F6N3O+. The summed E-state index contributed by atoms with van der Waals surface area (Å²) in [6.07, 6.45) is -8.06. The molecule has 0 bridgehead atoms. The maximum Gasteiger partial charge on any atom is 0.423 e. The molecule has 0 saturated heterocycles. The minimum absolute atomic E-state index is 0.328. The fourth-order valence-corrected chi connectivity index (χ4v) is 1.89. The highest BCUT2D eigenvalue weighted by Crippen LogP contribution is 2.40. The Morgan fingerprint density at radius 1 is 1.00 bits per heavy atom. The van der Waals surface area contributed by atoms with Gasteiger partial charge in [-0.25, -0.2) is 4.98 Å². The number of pyridine rings is 1. The molecule has 0 aliphatic rings. The van der Waals surface area contributed by atoms with E-state index >= 15 is 0 Å². The third-order valence-corrected chi connectivity index (χ3v) is 2.85. The average molecular weight is 335 g/mol. The Labute approximate surface area is 125 Å². The van der Waals surface area contributed by atoms with E-state index in [1.165, 1.54) is 6.07 Å². The molecule has 0 aliphatic carbocycles. The van der Waals surface area contributed by atoms with Gasteiger partial charge in [0.2, 0.25) is 0 Å². The van der Waals surface area contributed by atoms with Crippen molar-refractivity contribution in [1.82, 2.24) is 4.98 Å². The Bertz CT molecular complexity index is 754. The molecule has 0 amide bonds. The fraction of sp³-hybridized carbons (Fsp3) is 0.154. The summed E-state index contributed by atoms with van der Waals surface area (Å²) >= 11 is 0. The molecule has 1 aromatic heterocycles. The molecule has 1 heterocycles. The molecule has 1 aromatic carbocycles. The molecule has 0 saturated carbocycles. The lowest BCUT2D eigenvalue weighted by atomic mass is 10.0. The SMILES string of the molecule is N[N+](=O)c1[c]nc(-c2ccccc2C(F)(F)F)cc1C(F)(F)F. The summed E-state index contributed by atoms with van der Waals surface area (Å²) < 4.78 is 77.7. The minimum atomic E-state index is -5.02. The number of hydrazine groups is 1. The van der Waals surface area contributed by atoms with Gasteiger partial charge >= 0.3 is 18.0 Å². The molecular weight excluding hydrogens is 328 g/mol. The van der Waals surface area contributed by atoms with E-state index in [0.29, 0.717) is 12.1 Å². The van der Waals surface area contributed by atoms with E-state index in [0.717, 1.165) is 12.1 Å². The third-order valence-electron chi connectivity index (χ3n) is 2.85. The van der Waals surface area contributed by atoms with E-state index in [9.17, 15) is 31.2 Å². The van der Waals surface area contributed by atoms with Crippen molar-refractivity contribution in [3.63, 3.8) is 0 Å². The second-order valence-electron chi connectivity index (χ2n) is 4.38. The van der Waals surface area contributed by atoms with E-state index in [1.807, 2.05) is 0 Å². The molecule has 0 atom stereocenters. The number of benzene rings is 1. The lowest BCUT2D eigenvalue weighted by Crippen LogP contribution is -2.17. The van der Waals surface area contributed by atoms with Crippen molar-refractivity contribution >= 4 is 5.69 Å². The van der Waals surface area contributed by atoms with Gasteiger partial charge in [0, 0.05) is 5.56 Å². The van der Waals surface area contributed by atoms with Crippen LogP contribution in [-0.4, -0.2) is 9.85 Å². The van der Waals surface area contributed by atoms with Crippen LogP contribution in [0.1, 0.15) is 11.1 Å². The first kappa shape index (κ1) is 16.7. The zero-order valence-electron chi connectivity index (χ0n) is 11.0. The average Bonchev–Trinajstić information content (AvgIpc) is 2.44. The number of aromatic nitrogens is 1. The number of alkyl halides is 6. The Morgan fingerprint density at radius 3 is 2.09 bits per heavy atom. The van der Waals surface area contributed by atoms with Gasteiger partial charge in [-0.3, -0.25) is 0 Å². The van der Waals surface area contributed by atoms with Crippen molar-refractivity contribution in [2.45, 2.75) is 12.4 Å². The molecule has 0 unspecified atom stereocenters. The van der Waals surface area contributed by atoms with Gasteiger partial charge in [-0.15, -0.1) is 0 Å². The van der Waals surface area contributed by atoms with E-state index in [2.05, 4.69) is 4.98 Å². The van der Waals surface area contributed by atoms with Crippen LogP contribution in [0.3, 0.4) is 0 Å². The summed E-state index contributed by atoms with van der Waals surface area (Å²) in [5.74, 6) is 4.73. The highest BCUT2D eigenvalue weighted by molar-refractivity contribution is 5.66. The van der Waals surface area contributed by atoms with Crippen LogP contribution in [0, 0.1) is 11.1 Å².